The van der Waals surface area contributed by atoms with Crippen molar-refractivity contribution >= 4 is 18.2 Å². The first-order valence-corrected chi connectivity index (χ1v) is 8.08. The number of esters is 1. The van der Waals surface area contributed by atoms with Crippen molar-refractivity contribution in [1.29, 1.82) is 0 Å². The van der Waals surface area contributed by atoms with E-state index in [2.05, 4.69) is 0 Å². The van der Waals surface area contributed by atoms with Crippen LogP contribution in [0.2, 0.25) is 0 Å². The van der Waals surface area contributed by atoms with Gasteiger partial charge in [0.15, 0.2) is 0 Å². The highest BCUT2D eigenvalue weighted by atomic mass is 16.5. The van der Waals surface area contributed by atoms with Gasteiger partial charge in [0, 0.05) is 6.54 Å². The smallest absolute Gasteiger partial charge is 0.340 e. The molecule has 0 aromatic carbocycles. The minimum atomic E-state index is -1.61. The van der Waals surface area contributed by atoms with Gasteiger partial charge in [-0.2, -0.15) is 0 Å². The van der Waals surface area contributed by atoms with E-state index in [-0.39, 0.29) is 18.4 Å². The lowest BCUT2D eigenvalue weighted by atomic mass is 9.80. The maximum Gasteiger partial charge on any atom is 0.340 e. The third-order valence-electron chi connectivity index (χ3n) is 4.63. The minimum Gasteiger partial charge on any atom is -0.461 e. The molecule has 0 bridgehead atoms. The van der Waals surface area contributed by atoms with E-state index in [0.717, 1.165) is 12.8 Å². The Balaban J connectivity index is 2.10. The first kappa shape index (κ1) is 16.9. The van der Waals surface area contributed by atoms with Gasteiger partial charge < -0.3 is 15.4 Å². The molecule has 1 saturated carbocycles. The Morgan fingerprint density at radius 3 is 2.55 bits per heavy atom. The van der Waals surface area contributed by atoms with E-state index in [4.69, 9.17) is 10.5 Å². The maximum atomic E-state index is 12.6. The van der Waals surface area contributed by atoms with Gasteiger partial charge in [-0.05, 0) is 39.0 Å². The zero-order valence-electron chi connectivity index (χ0n) is 13.3. The molecule has 1 aliphatic carbocycles. The van der Waals surface area contributed by atoms with Gasteiger partial charge in [-0.3, -0.25) is 9.59 Å². The molecular formula is C16H25N2O4. The predicted molar refractivity (Wildman–Crippen MR) is 80.5 cm³/mol. The largest absolute Gasteiger partial charge is 0.461 e. The summed E-state index contributed by atoms with van der Waals surface area (Å²) in [6.07, 6.45) is 6.25. The SMILES string of the molecule is CC(C)OC(=O)[C@@]1([C]=O)CCCN1C(=O)[C@H](N)CC1CCC1. The van der Waals surface area contributed by atoms with Crippen LogP contribution in [0.25, 0.3) is 0 Å². The number of rotatable bonds is 6. The Hall–Kier alpha value is -1.43. The second kappa shape index (κ2) is 6.77. The lowest BCUT2D eigenvalue weighted by Crippen LogP contribution is -2.59. The van der Waals surface area contributed by atoms with Crippen LogP contribution in [0.4, 0.5) is 0 Å². The van der Waals surface area contributed by atoms with E-state index < -0.39 is 17.6 Å². The van der Waals surface area contributed by atoms with Gasteiger partial charge in [0.05, 0.1) is 12.1 Å². The number of nitrogens with zero attached hydrogens (tertiary/aromatic N) is 1. The van der Waals surface area contributed by atoms with Crippen molar-refractivity contribution in [3.8, 4) is 0 Å². The molecule has 1 saturated heterocycles. The second-order valence-corrected chi connectivity index (χ2v) is 6.65. The number of likely N-dealkylation sites (tertiary alicyclic amines) is 1. The molecule has 1 aliphatic heterocycles. The number of ether oxygens (including phenoxy) is 1. The molecule has 1 amide bonds. The minimum absolute atomic E-state index is 0.254. The Morgan fingerprint density at radius 1 is 1.36 bits per heavy atom. The molecule has 6 heteroatoms. The van der Waals surface area contributed by atoms with Crippen LogP contribution in [-0.2, 0) is 19.1 Å². The molecule has 0 aromatic rings. The number of hydrogen-bond donors (Lipinski definition) is 1. The van der Waals surface area contributed by atoms with E-state index in [1.54, 1.807) is 20.1 Å². The summed E-state index contributed by atoms with van der Waals surface area (Å²) < 4.78 is 5.17. The summed E-state index contributed by atoms with van der Waals surface area (Å²) >= 11 is 0. The summed E-state index contributed by atoms with van der Waals surface area (Å²) in [6.45, 7) is 3.76. The number of amides is 1. The molecule has 0 unspecified atom stereocenters. The molecule has 6 nitrogen and oxygen atoms in total. The molecule has 2 fully saturated rings. The average Bonchev–Trinajstić information content (AvgIpc) is 2.86. The highest BCUT2D eigenvalue weighted by Crippen LogP contribution is 2.33. The summed E-state index contributed by atoms with van der Waals surface area (Å²) in [7, 11) is 0. The van der Waals surface area contributed by atoms with Crippen molar-refractivity contribution in [3.05, 3.63) is 0 Å². The molecule has 22 heavy (non-hydrogen) atoms. The Bertz CT molecular complexity index is 447. The molecule has 2 rings (SSSR count). The van der Waals surface area contributed by atoms with Gasteiger partial charge >= 0.3 is 5.97 Å². The quantitative estimate of drug-likeness (QED) is 0.582. The van der Waals surface area contributed by atoms with Gasteiger partial charge in [-0.1, -0.05) is 19.3 Å². The third-order valence-corrected chi connectivity index (χ3v) is 4.63. The first-order valence-electron chi connectivity index (χ1n) is 8.08. The van der Waals surface area contributed by atoms with Crippen molar-refractivity contribution in [1.82, 2.24) is 4.90 Å². The van der Waals surface area contributed by atoms with Crippen LogP contribution in [0.1, 0.15) is 52.4 Å². The molecule has 123 valence electrons. The molecule has 1 heterocycles. The van der Waals surface area contributed by atoms with Gasteiger partial charge in [-0.15, -0.1) is 0 Å². The van der Waals surface area contributed by atoms with Crippen LogP contribution in [0.5, 0.6) is 0 Å². The fourth-order valence-electron chi connectivity index (χ4n) is 3.18. The van der Waals surface area contributed by atoms with Crippen LogP contribution in [0.3, 0.4) is 0 Å². The lowest BCUT2D eigenvalue weighted by Gasteiger charge is -2.35. The highest BCUT2D eigenvalue weighted by Gasteiger charge is 2.53. The normalized spacial score (nSPS) is 26.6. The van der Waals surface area contributed by atoms with Crippen molar-refractivity contribution in [2.45, 2.75) is 70.1 Å². The van der Waals surface area contributed by atoms with Crippen LogP contribution in [-0.4, -0.2) is 47.3 Å². The Labute approximate surface area is 131 Å². The van der Waals surface area contributed by atoms with Crippen molar-refractivity contribution < 1.29 is 19.1 Å². The van der Waals surface area contributed by atoms with Crippen LogP contribution in [0, 0.1) is 5.92 Å². The molecule has 2 aliphatic rings. The monoisotopic (exact) mass is 309 g/mol. The summed E-state index contributed by atoms with van der Waals surface area (Å²) in [4.78, 5) is 37.7. The molecule has 2 N–H and O–H groups in total. The molecule has 0 aromatic heterocycles. The number of hydrogen-bond acceptors (Lipinski definition) is 5. The topological polar surface area (TPSA) is 89.7 Å². The summed E-state index contributed by atoms with van der Waals surface area (Å²) in [6, 6.07) is -0.664. The number of carbonyl (C=O) groups is 2. The zero-order valence-corrected chi connectivity index (χ0v) is 13.3. The Morgan fingerprint density at radius 2 is 2.05 bits per heavy atom. The van der Waals surface area contributed by atoms with Gasteiger partial charge in [0.25, 0.3) is 0 Å². The van der Waals surface area contributed by atoms with Crippen molar-refractivity contribution in [3.63, 3.8) is 0 Å². The highest BCUT2D eigenvalue weighted by molar-refractivity contribution is 6.03. The lowest BCUT2D eigenvalue weighted by molar-refractivity contribution is -0.160. The van der Waals surface area contributed by atoms with E-state index in [1.165, 1.54) is 11.3 Å². The second-order valence-electron chi connectivity index (χ2n) is 6.65. The average molecular weight is 309 g/mol. The standard InChI is InChI=1S/C16H25N2O4/c1-11(2)22-15(21)16(10-19)7-4-8-18(16)14(20)13(17)9-12-5-3-6-12/h11-13H,3-9,17H2,1-2H3/t13-,16+/m1/s1. The summed E-state index contributed by atoms with van der Waals surface area (Å²) in [5, 5.41) is 0. The van der Waals surface area contributed by atoms with Crippen LogP contribution >= 0.6 is 0 Å². The van der Waals surface area contributed by atoms with E-state index in [0.29, 0.717) is 25.3 Å². The summed E-state index contributed by atoms with van der Waals surface area (Å²) in [5.74, 6) is -0.550. The van der Waals surface area contributed by atoms with Crippen LogP contribution in [0.15, 0.2) is 0 Å². The maximum absolute atomic E-state index is 12.6. The number of nitrogens with two attached hydrogens (primary N) is 1. The van der Waals surface area contributed by atoms with Crippen molar-refractivity contribution in [2.75, 3.05) is 6.54 Å². The van der Waals surface area contributed by atoms with Gasteiger partial charge in [0.1, 0.15) is 0 Å². The van der Waals surface area contributed by atoms with Gasteiger partial charge in [-0.25, -0.2) is 4.79 Å². The first-order chi connectivity index (χ1) is 10.4. The van der Waals surface area contributed by atoms with Gasteiger partial charge in [0.2, 0.25) is 17.7 Å². The molecule has 0 spiro atoms. The fraction of sp³-hybridized carbons (Fsp3) is 0.812. The zero-order chi connectivity index (χ0) is 16.3. The molecular weight excluding hydrogens is 284 g/mol. The Kier molecular flexibility index (Phi) is 5.21. The molecule has 2 atom stereocenters. The predicted octanol–water partition coefficient (Wildman–Crippen LogP) is 0.926. The van der Waals surface area contributed by atoms with E-state index in [1.807, 2.05) is 0 Å². The van der Waals surface area contributed by atoms with E-state index in [9.17, 15) is 14.4 Å². The van der Waals surface area contributed by atoms with E-state index >= 15 is 0 Å². The molecule has 1 radical (unpaired) electrons. The fourth-order valence-corrected chi connectivity index (χ4v) is 3.18. The van der Waals surface area contributed by atoms with Crippen molar-refractivity contribution in [2.24, 2.45) is 11.7 Å². The van der Waals surface area contributed by atoms with Crippen LogP contribution < -0.4 is 5.73 Å². The summed E-state index contributed by atoms with van der Waals surface area (Å²) in [5.41, 5.74) is 4.40. The number of carbonyl (C=O) groups excluding carboxylic acids is 3. The third kappa shape index (κ3) is 3.16.